The van der Waals surface area contributed by atoms with E-state index in [4.69, 9.17) is 9.47 Å². The number of carbonyl (C=O) groups is 1. The van der Waals surface area contributed by atoms with Gasteiger partial charge in [0.1, 0.15) is 0 Å². The van der Waals surface area contributed by atoms with Gasteiger partial charge in [-0.2, -0.15) is 0 Å². The number of thiazole rings is 1. The summed E-state index contributed by atoms with van der Waals surface area (Å²) in [6.07, 6.45) is 0.918. The van der Waals surface area contributed by atoms with E-state index in [2.05, 4.69) is 24.1 Å². The van der Waals surface area contributed by atoms with Crippen LogP contribution in [0.5, 0.6) is 0 Å². The van der Waals surface area contributed by atoms with Crippen molar-refractivity contribution >= 4 is 22.4 Å². The number of hydrogen-bond donors (Lipinski definition) is 1. The standard InChI is InChI=1S/C13H22N2O3S/c1-4-18-12(16)11-9-19-13(15-11)14-6-5-7-17-8-10(2)3/h9-10H,4-8H2,1-3H3,(H,14,15). The maximum atomic E-state index is 11.4. The minimum atomic E-state index is -0.368. The first-order valence-corrected chi connectivity index (χ1v) is 7.45. The van der Waals surface area contributed by atoms with Crippen LogP contribution in [0.1, 0.15) is 37.7 Å². The summed E-state index contributed by atoms with van der Waals surface area (Å²) in [6.45, 7) is 8.72. The van der Waals surface area contributed by atoms with Crippen molar-refractivity contribution in [3.05, 3.63) is 11.1 Å². The normalized spacial score (nSPS) is 10.7. The molecule has 0 aliphatic carbocycles. The fourth-order valence-corrected chi connectivity index (χ4v) is 2.05. The molecule has 0 fully saturated rings. The van der Waals surface area contributed by atoms with Gasteiger partial charge in [-0.05, 0) is 19.3 Å². The van der Waals surface area contributed by atoms with Gasteiger partial charge in [0, 0.05) is 25.1 Å². The molecule has 0 aromatic carbocycles. The highest BCUT2D eigenvalue weighted by atomic mass is 32.1. The fraction of sp³-hybridized carbons (Fsp3) is 0.692. The Morgan fingerprint density at radius 2 is 2.32 bits per heavy atom. The van der Waals surface area contributed by atoms with Gasteiger partial charge in [-0.25, -0.2) is 9.78 Å². The van der Waals surface area contributed by atoms with Crippen LogP contribution in [0.4, 0.5) is 5.13 Å². The molecule has 0 bridgehead atoms. The van der Waals surface area contributed by atoms with Crippen LogP contribution >= 0.6 is 11.3 Å². The number of hydrogen-bond acceptors (Lipinski definition) is 6. The summed E-state index contributed by atoms with van der Waals surface area (Å²) in [6, 6.07) is 0. The molecule has 0 saturated heterocycles. The summed E-state index contributed by atoms with van der Waals surface area (Å²) in [4.78, 5) is 15.6. The molecular weight excluding hydrogens is 264 g/mol. The zero-order valence-electron chi connectivity index (χ0n) is 11.8. The highest BCUT2D eigenvalue weighted by Gasteiger charge is 2.10. The number of nitrogens with one attached hydrogen (secondary N) is 1. The second kappa shape index (κ2) is 8.87. The van der Waals surface area contributed by atoms with Crippen molar-refractivity contribution in [2.75, 3.05) is 31.7 Å². The topological polar surface area (TPSA) is 60.5 Å². The molecule has 0 aliphatic heterocycles. The van der Waals surface area contributed by atoms with E-state index in [1.54, 1.807) is 12.3 Å². The molecule has 1 rings (SSSR count). The van der Waals surface area contributed by atoms with Gasteiger partial charge in [0.2, 0.25) is 0 Å². The van der Waals surface area contributed by atoms with Crippen molar-refractivity contribution in [3.63, 3.8) is 0 Å². The van der Waals surface area contributed by atoms with Crippen LogP contribution in [0, 0.1) is 5.92 Å². The number of aromatic nitrogens is 1. The van der Waals surface area contributed by atoms with Gasteiger partial charge in [0.05, 0.1) is 6.61 Å². The summed E-state index contributed by atoms with van der Waals surface area (Å²) in [5.41, 5.74) is 0.366. The van der Waals surface area contributed by atoms with Gasteiger partial charge in [-0.1, -0.05) is 13.8 Å². The largest absolute Gasteiger partial charge is 0.461 e. The summed E-state index contributed by atoms with van der Waals surface area (Å²) >= 11 is 1.41. The van der Waals surface area contributed by atoms with Crippen molar-refractivity contribution in [1.82, 2.24) is 4.98 Å². The molecule has 0 amide bonds. The first-order valence-electron chi connectivity index (χ1n) is 6.57. The molecule has 1 aromatic heterocycles. The SMILES string of the molecule is CCOC(=O)c1csc(NCCCOCC(C)C)n1. The van der Waals surface area contributed by atoms with Gasteiger partial charge in [0.25, 0.3) is 0 Å². The Bertz CT molecular complexity index is 380. The number of anilines is 1. The number of esters is 1. The van der Waals surface area contributed by atoms with Crippen molar-refractivity contribution in [2.45, 2.75) is 27.2 Å². The number of rotatable bonds is 9. The summed E-state index contributed by atoms with van der Waals surface area (Å²) in [5, 5.41) is 5.62. The molecule has 0 aliphatic rings. The van der Waals surface area contributed by atoms with Crippen LogP contribution in [0.2, 0.25) is 0 Å². The lowest BCUT2D eigenvalue weighted by atomic mass is 10.2. The fourth-order valence-electron chi connectivity index (χ4n) is 1.34. The molecular formula is C13H22N2O3S. The third kappa shape index (κ3) is 6.54. The van der Waals surface area contributed by atoms with E-state index in [1.165, 1.54) is 11.3 Å². The Labute approximate surface area is 118 Å². The van der Waals surface area contributed by atoms with Crippen molar-refractivity contribution in [1.29, 1.82) is 0 Å². The second-order valence-electron chi connectivity index (χ2n) is 4.51. The Balaban J connectivity index is 2.18. The molecule has 1 heterocycles. The molecule has 5 nitrogen and oxygen atoms in total. The van der Waals surface area contributed by atoms with Crippen LogP contribution in [-0.2, 0) is 9.47 Å². The Morgan fingerprint density at radius 3 is 3.00 bits per heavy atom. The predicted octanol–water partition coefficient (Wildman–Crippen LogP) is 2.79. The van der Waals surface area contributed by atoms with E-state index in [0.717, 1.165) is 31.3 Å². The Hall–Kier alpha value is -1.14. The molecule has 1 aromatic rings. The van der Waals surface area contributed by atoms with Gasteiger partial charge < -0.3 is 14.8 Å². The maximum absolute atomic E-state index is 11.4. The average Bonchev–Trinajstić information content (AvgIpc) is 2.82. The third-order valence-corrected chi connectivity index (χ3v) is 2.98. The van der Waals surface area contributed by atoms with Crippen molar-refractivity contribution < 1.29 is 14.3 Å². The van der Waals surface area contributed by atoms with E-state index < -0.39 is 0 Å². The number of ether oxygens (including phenoxy) is 2. The van der Waals surface area contributed by atoms with Crippen LogP contribution in [0.15, 0.2) is 5.38 Å². The maximum Gasteiger partial charge on any atom is 0.357 e. The Kier molecular flexibility index (Phi) is 7.43. The molecule has 0 saturated carbocycles. The quantitative estimate of drug-likeness (QED) is 0.559. The minimum Gasteiger partial charge on any atom is -0.461 e. The van der Waals surface area contributed by atoms with Crippen molar-refractivity contribution in [3.8, 4) is 0 Å². The number of nitrogens with zero attached hydrogens (tertiary/aromatic N) is 1. The molecule has 6 heteroatoms. The highest BCUT2D eigenvalue weighted by Crippen LogP contribution is 2.15. The lowest BCUT2D eigenvalue weighted by molar-refractivity contribution is 0.0520. The lowest BCUT2D eigenvalue weighted by Crippen LogP contribution is -2.09. The second-order valence-corrected chi connectivity index (χ2v) is 5.37. The molecule has 0 radical (unpaired) electrons. The molecule has 19 heavy (non-hydrogen) atoms. The monoisotopic (exact) mass is 286 g/mol. The van der Waals surface area contributed by atoms with Crippen LogP contribution < -0.4 is 5.32 Å². The molecule has 0 unspecified atom stereocenters. The first-order chi connectivity index (χ1) is 9.13. The summed E-state index contributed by atoms with van der Waals surface area (Å²) in [7, 11) is 0. The zero-order chi connectivity index (χ0) is 14.1. The van der Waals surface area contributed by atoms with E-state index in [0.29, 0.717) is 18.2 Å². The lowest BCUT2D eigenvalue weighted by Gasteiger charge is -2.06. The molecule has 0 atom stereocenters. The van der Waals surface area contributed by atoms with Gasteiger partial charge >= 0.3 is 5.97 Å². The van der Waals surface area contributed by atoms with Crippen LogP contribution in [0.3, 0.4) is 0 Å². The number of carbonyl (C=O) groups excluding carboxylic acids is 1. The van der Waals surface area contributed by atoms with E-state index in [-0.39, 0.29) is 5.97 Å². The van der Waals surface area contributed by atoms with Gasteiger partial charge in [-0.3, -0.25) is 0 Å². The Morgan fingerprint density at radius 1 is 1.53 bits per heavy atom. The van der Waals surface area contributed by atoms with E-state index >= 15 is 0 Å². The smallest absolute Gasteiger partial charge is 0.357 e. The van der Waals surface area contributed by atoms with Crippen molar-refractivity contribution in [2.24, 2.45) is 5.92 Å². The average molecular weight is 286 g/mol. The van der Waals surface area contributed by atoms with E-state index in [9.17, 15) is 4.79 Å². The van der Waals surface area contributed by atoms with Gasteiger partial charge in [0.15, 0.2) is 10.8 Å². The van der Waals surface area contributed by atoms with Crippen LogP contribution in [-0.4, -0.2) is 37.3 Å². The first kappa shape index (κ1) is 15.9. The van der Waals surface area contributed by atoms with Crippen LogP contribution in [0.25, 0.3) is 0 Å². The third-order valence-electron chi connectivity index (χ3n) is 2.18. The molecule has 0 spiro atoms. The minimum absolute atomic E-state index is 0.366. The van der Waals surface area contributed by atoms with Gasteiger partial charge in [-0.15, -0.1) is 11.3 Å². The predicted molar refractivity (Wildman–Crippen MR) is 76.8 cm³/mol. The molecule has 108 valence electrons. The molecule has 1 N–H and O–H groups in total. The van der Waals surface area contributed by atoms with E-state index in [1.807, 2.05) is 0 Å². The summed E-state index contributed by atoms with van der Waals surface area (Å²) in [5.74, 6) is 0.200. The highest BCUT2D eigenvalue weighted by molar-refractivity contribution is 7.13. The summed E-state index contributed by atoms with van der Waals surface area (Å²) < 4.78 is 10.4. The zero-order valence-corrected chi connectivity index (χ0v) is 12.6.